The van der Waals surface area contributed by atoms with E-state index < -0.39 is 0 Å². The fourth-order valence-electron chi connectivity index (χ4n) is 1.41. The summed E-state index contributed by atoms with van der Waals surface area (Å²) in [6.45, 7) is 0. The lowest BCUT2D eigenvalue weighted by atomic mass is 10.1. The number of rotatable bonds is 3. The maximum atomic E-state index is 11.7. The summed E-state index contributed by atoms with van der Waals surface area (Å²) in [5.74, 6) is 0.0569. The molecule has 3 N–H and O–H groups in total. The number of aromatic nitrogens is 3. The van der Waals surface area contributed by atoms with Crippen LogP contribution in [0.5, 0.6) is 11.8 Å². The van der Waals surface area contributed by atoms with Gasteiger partial charge in [0.1, 0.15) is 12.1 Å². The number of hydrogen-bond donors (Lipinski definition) is 2. The molecule has 1 amide bonds. The van der Waals surface area contributed by atoms with Gasteiger partial charge in [0.05, 0.1) is 5.56 Å². The van der Waals surface area contributed by atoms with Crippen LogP contribution in [0.2, 0.25) is 0 Å². The molecule has 0 bridgehead atoms. The summed E-state index contributed by atoms with van der Waals surface area (Å²) in [7, 11) is 3.26. The molecule has 1 aromatic heterocycles. The van der Waals surface area contributed by atoms with E-state index >= 15 is 0 Å². The lowest BCUT2D eigenvalue weighted by Gasteiger charge is -2.08. The van der Waals surface area contributed by atoms with Gasteiger partial charge in [-0.2, -0.15) is 4.98 Å². The Balaban J connectivity index is 2.36. The van der Waals surface area contributed by atoms with Gasteiger partial charge in [-0.25, -0.2) is 0 Å². The molecule has 7 heteroatoms. The summed E-state index contributed by atoms with van der Waals surface area (Å²) in [5, 5.41) is 6.50. The molecular formula is C11H13N5O2. The Morgan fingerprint density at radius 3 is 2.89 bits per heavy atom. The predicted octanol–water partition coefficient (Wildman–Crippen LogP) is 0.549. The Bertz CT molecular complexity index is 579. The first kappa shape index (κ1) is 11.9. The number of anilines is 1. The topological polar surface area (TPSA) is 95.1 Å². The van der Waals surface area contributed by atoms with Crippen LogP contribution in [0.3, 0.4) is 0 Å². The van der Waals surface area contributed by atoms with Crippen molar-refractivity contribution < 1.29 is 9.53 Å². The lowest BCUT2D eigenvalue weighted by Crippen LogP contribution is -2.18. The van der Waals surface area contributed by atoms with E-state index in [2.05, 4.69) is 15.4 Å². The van der Waals surface area contributed by atoms with Gasteiger partial charge in [0.15, 0.2) is 0 Å². The summed E-state index contributed by atoms with van der Waals surface area (Å²) < 4.78 is 6.95. The summed E-state index contributed by atoms with van der Waals surface area (Å²) in [6.07, 6.45) is 1.50. The van der Waals surface area contributed by atoms with E-state index in [1.807, 2.05) is 0 Å². The summed E-state index contributed by atoms with van der Waals surface area (Å²) in [6, 6.07) is 4.93. The number of nitrogens with zero attached hydrogens (tertiary/aromatic N) is 3. The van der Waals surface area contributed by atoms with Crippen molar-refractivity contribution >= 4 is 11.6 Å². The third kappa shape index (κ3) is 2.40. The molecule has 0 aliphatic heterocycles. The van der Waals surface area contributed by atoms with Gasteiger partial charge in [-0.15, -0.1) is 5.10 Å². The molecule has 0 unspecified atom stereocenters. The zero-order chi connectivity index (χ0) is 13.1. The monoisotopic (exact) mass is 247 g/mol. The summed E-state index contributed by atoms with van der Waals surface area (Å²) in [4.78, 5) is 15.6. The predicted molar refractivity (Wildman–Crippen MR) is 65.3 cm³/mol. The number of amides is 1. The normalized spacial score (nSPS) is 10.1. The van der Waals surface area contributed by atoms with Crippen LogP contribution in [0.1, 0.15) is 10.4 Å². The fourth-order valence-corrected chi connectivity index (χ4v) is 1.41. The molecule has 2 aromatic rings. The molecule has 0 aliphatic carbocycles. The number of carbonyl (C=O) groups is 1. The molecule has 1 aromatic carbocycles. The molecule has 94 valence electrons. The molecule has 0 saturated carbocycles. The average molecular weight is 247 g/mol. The van der Waals surface area contributed by atoms with Crippen molar-refractivity contribution in [1.82, 2.24) is 20.1 Å². The van der Waals surface area contributed by atoms with Gasteiger partial charge in [0, 0.05) is 25.8 Å². The Morgan fingerprint density at radius 2 is 2.28 bits per heavy atom. The number of nitrogens with one attached hydrogen (secondary N) is 1. The van der Waals surface area contributed by atoms with Crippen molar-refractivity contribution in [2.75, 3.05) is 12.8 Å². The van der Waals surface area contributed by atoms with Crippen LogP contribution >= 0.6 is 0 Å². The number of carbonyl (C=O) groups excluding carboxylic acids is 1. The van der Waals surface area contributed by atoms with Gasteiger partial charge in [-0.3, -0.25) is 9.48 Å². The maximum absolute atomic E-state index is 11.7. The van der Waals surface area contributed by atoms with Crippen LogP contribution < -0.4 is 15.8 Å². The van der Waals surface area contributed by atoms with Crippen molar-refractivity contribution in [3.8, 4) is 11.8 Å². The number of ether oxygens (including phenoxy) is 1. The first-order chi connectivity index (χ1) is 8.60. The molecule has 0 spiro atoms. The molecule has 0 saturated heterocycles. The van der Waals surface area contributed by atoms with E-state index in [4.69, 9.17) is 10.5 Å². The second kappa shape index (κ2) is 4.74. The highest BCUT2D eigenvalue weighted by Crippen LogP contribution is 2.25. The van der Waals surface area contributed by atoms with Gasteiger partial charge >= 0.3 is 6.01 Å². The van der Waals surface area contributed by atoms with E-state index in [0.717, 1.165) is 0 Å². The summed E-state index contributed by atoms with van der Waals surface area (Å²) >= 11 is 0. The van der Waals surface area contributed by atoms with E-state index in [9.17, 15) is 4.79 Å². The minimum atomic E-state index is -0.263. The summed E-state index contributed by atoms with van der Waals surface area (Å²) in [5.41, 5.74) is 6.54. The van der Waals surface area contributed by atoms with Crippen LogP contribution in [0, 0.1) is 0 Å². The van der Waals surface area contributed by atoms with Crippen molar-refractivity contribution in [3.63, 3.8) is 0 Å². The van der Waals surface area contributed by atoms with E-state index in [-0.39, 0.29) is 11.9 Å². The van der Waals surface area contributed by atoms with Gasteiger partial charge in [-0.1, -0.05) is 0 Å². The first-order valence-electron chi connectivity index (χ1n) is 5.25. The maximum Gasteiger partial charge on any atom is 0.341 e. The number of nitrogen functional groups attached to an aromatic ring is 1. The van der Waals surface area contributed by atoms with Gasteiger partial charge in [-0.05, 0) is 12.1 Å². The van der Waals surface area contributed by atoms with Crippen LogP contribution in [-0.2, 0) is 7.05 Å². The largest absolute Gasteiger partial charge is 0.422 e. The van der Waals surface area contributed by atoms with Crippen molar-refractivity contribution in [2.45, 2.75) is 0 Å². The van der Waals surface area contributed by atoms with Crippen molar-refractivity contribution in [3.05, 3.63) is 30.1 Å². The second-order valence-electron chi connectivity index (χ2n) is 3.64. The highest BCUT2D eigenvalue weighted by molar-refractivity contribution is 5.97. The molecule has 0 aliphatic rings. The zero-order valence-corrected chi connectivity index (χ0v) is 10.0. The molecule has 0 radical (unpaired) electrons. The van der Waals surface area contributed by atoms with Gasteiger partial charge < -0.3 is 15.8 Å². The van der Waals surface area contributed by atoms with E-state index in [1.165, 1.54) is 11.0 Å². The average Bonchev–Trinajstić information content (AvgIpc) is 2.74. The minimum Gasteiger partial charge on any atom is -0.422 e. The Kier molecular flexibility index (Phi) is 3.13. The number of hydrogen-bond acceptors (Lipinski definition) is 5. The lowest BCUT2D eigenvalue weighted by molar-refractivity contribution is 0.0960. The van der Waals surface area contributed by atoms with Crippen LogP contribution in [0.15, 0.2) is 24.5 Å². The van der Waals surface area contributed by atoms with Gasteiger partial charge in [0.2, 0.25) is 0 Å². The fraction of sp³-hybridized carbons (Fsp3) is 0.182. The Morgan fingerprint density at radius 1 is 1.50 bits per heavy atom. The smallest absolute Gasteiger partial charge is 0.341 e. The van der Waals surface area contributed by atoms with Crippen LogP contribution in [0.4, 0.5) is 5.69 Å². The van der Waals surface area contributed by atoms with Crippen LogP contribution in [-0.4, -0.2) is 27.7 Å². The zero-order valence-electron chi connectivity index (χ0n) is 10.0. The molecule has 2 rings (SSSR count). The molecule has 0 fully saturated rings. The molecule has 7 nitrogen and oxygen atoms in total. The van der Waals surface area contributed by atoms with Crippen LogP contribution in [0.25, 0.3) is 0 Å². The second-order valence-corrected chi connectivity index (χ2v) is 3.64. The Labute approximate surface area is 104 Å². The van der Waals surface area contributed by atoms with Crippen molar-refractivity contribution in [1.29, 1.82) is 0 Å². The number of aryl methyl sites for hydroxylation is 1. The van der Waals surface area contributed by atoms with E-state index in [0.29, 0.717) is 17.0 Å². The van der Waals surface area contributed by atoms with Crippen molar-refractivity contribution in [2.24, 2.45) is 7.05 Å². The minimum absolute atomic E-state index is 0.160. The molecule has 18 heavy (non-hydrogen) atoms. The molecule has 0 atom stereocenters. The van der Waals surface area contributed by atoms with Gasteiger partial charge in [0.25, 0.3) is 5.91 Å². The highest BCUT2D eigenvalue weighted by atomic mass is 16.5. The Hall–Kier alpha value is -2.57. The first-order valence-corrected chi connectivity index (χ1v) is 5.25. The van der Waals surface area contributed by atoms with E-state index in [1.54, 1.807) is 32.3 Å². The highest BCUT2D eigenvalue weighted by Gasteiger charge is 2.13. The quantitative estimate of drug-likeness (QED) is 0.772. The molecular weight excluding hydrogens is 234 g/mol. The third-order valence-electron chi connectivity index (χ3n) is 2.26. The standard InChI is InChI=1S/C11H13N5O2/c1-13-10(17)8-4-3-7(12)5-9(8)18-11-14-6-16(2)15-11/h3-6H,12H2,1-2H3,(H,13,17). The number of benzene rings is 1. The third-order valence-corrected chi connectivity index (χ3v) is 2.26. The number of nitrogens with two attached hydrogens (primary N) is 1. The SMILES string of the molecule is CNC(=O)c1ccc(N)cc1Oc1ncn(C)n1. The molecule has 1 heterocycles.